The van der Waals surface area contributed by atoms with Crippen molar-refractivity contribution in [1.82, 2.24) is 0 Å². The lowest BCUT2D eigenvalue weighted by Gasteiger charge is -2.24. The fourth-order valence-electron chi connectivity index (χ4n) is 4.78. The lowest BCUT2D eigenvalue weighted by molar-refractivity contribution is -0.125. The number of ketones is 1. The van der Waals surface area contributed by atoms with Crippen LogP contribution in [0.2, 0.25) is 0 Å². The monoisotopic (exact) mass is 235 g/mol. The van der Waals surface area contributed by atoms with Gasteiger partial charge in [-0.15, -0.1) is 0 Å². The van der Waals surface area contributed by atoms with Crippen LogP contribution in [-0.2, 0) is 4.79 Å². The average molecular weight is 235 g/mol. The molecular formula is C15H25NO. The Morgan fingerprint density at radius 1 is 1.06 bits per heavy atom. The second kappa shape index (κ2) is 4.72. The average Bonchev–Trinajstić information content (AvgIpc) is 3.04. The molecule has 3 fully saturated rings. The van der Waals surface area contributed by atoms with E-state index in [9.17, 15) is 4.79 Å². The maximum Gasteiger partial charge on any atom is 0.136 e. The van der Waals surface area contributed by atoms with E-state index in [1.807, 2.05) is 0 Å². The summed E-state index contributed by atoms with van der Waals surface area (Å²) >= 11 is 0. The van der Waals surface area contributed by atoms with Crippen molar-refractivity contribution in [3.05, 3.63) is 0 Å². The highest BCUT2D eigenvalue weighted by Gasteiger charge is 2.41. The first kappa shape index (κ1) is 11.7. The Morgan fingerprint density at radius 2 is 1.94 bits per heavy atom. The number of hydrogen-bond acceptors (Lipinski definition) is 2. The highest BCUT2D eigenvalue weighted by Crippen LogP contribution is 2.50. The molecule has 0 aromatic heterocycles. The number of carbonyl (C=O) groups is 1. The number of rotatable bonds is 4. The third-order valence-electron chi connectivity index (χ3n) is 5.72. The first-order chi connectivity index (χ1) is 8.28. The van der Waals surface area contributed by atoms with Crippen LogP contribution in [0.4, 0.5) is 0 Å². The van der Waals surface area contributed by atoms with Crippen LogP contribution in [-0.4, -0.2) is 12.3 Å². The molecule has 96 valence electrons. The lowest BCUT2D eigenvalue weighted by Crippen LogP contribution is -2.27. The van der Waals surface area contributed by atoms with Gasteiger partial charge in [-0.25, -0.2) is 0 Å². The van der Waals surface area contributed by atoms with E-state index in [-0.39, 0.29) is 0 Å². The summed E-state index contributed by atoms with van der Waals surface area (Å²) in [6.45, 7) is 0.715. The SMILES string of the molecule is NCC1CCCC1C(=O)CC1CC2CCC1C2. The minimum Gasteiger partial charge on any atom is -0.330 e. The van der Waals surface area contributed by atoms with E-state index in [0.717, 1.165) is 30.6 Å². The number of nitrogens with two attached hydrogens (primary N) is 1. The van der Waals surface area contributed by atoms with Crippen molar-refractivity contribution in [2.75, 3.05) is 6.54 Å². The van der Waals surface area contributed by atoms with Crippen LogP contribution in [0.3, 0.4) is 0 Å². The molecule has 0 aromatic rings. The summed E-state index contributed by atoms with van der Waals surface area (Å²) in [7, 11) is 0. The molecular weight excluding hydrogens is 210 g/mol. The highest BCUT2D eigenvalue weighted by molar-refractivity contribution is 5.82. The third kappa shape index (κ3) is 2.16. The minimum atomic E-state index is 0.319. The van der Waals surface area contributed by atoms with Crippen molar-refractivity contribution in [2.45, 2.75) is 51.4 Å². The Hall–Kier alpha value is -0.370. The maximum absolute atomic E-state index is 12.4. The van der Waals surface area contributed by atoms with E-state index < -0.39 is 0 Å². The van der Waals surface area contributed by atoms with Gasteiger partial charge in [0.2, 0.25) is 0 Å². The standard InChI is InChI=1S/C15H25NO/c16-9-12-2-1-3-14(12)15(17)8-13-7-10-4-5-11(13)6-10/h10-14H,1-9,16H2. The fourth-order valence-corrected chi connectivity index (χ4v) is 4.78. The van der Waals surface area contributed by atoms with Gasteiger partial charge in [0.1, 0.15) is 5.78 Å². The zero-order chi connectivity index (χ0) is 11.8. The van der Waals surface area contributed by atoms with Crippen molar-refractivity contribution in [3.63, 3.8) is 0 Å². The van der Waals surface area contributed by atoms with Crippen molar-refractivity contribution < 1.29 is 4.79 Å². The molecule has 5 unspecified atom stereocenters. The van der Waals surface area contributed by atoms with Gasteiger partial charge in [-0.3, -0.25) is 4.79 Å². The molecule has 17 heavy (non-hydrogen) atoms. The van der Waals surface area contributed by atoms with Gasteiger partial charge in [0, 0.05) is 12.3 Å². The summed E-state index contributed by atoms with van der Waals surface area (Å²) in [5.41, 5.74) is 5.78. The largest absolute Gasteiger partial charge is 0.330 e. The molecule has 0 radical (unpaired) electrons. The van der Waals surface area contributed by atoms with Crippen LogP contribution >= 0.6 is 0 Å². The Bertz CT molecular complexity index is 301. The Kier molecular flexibility index (Phi) is 3.25. The summed E-state index contributed by atoms with van der Waals surface area (Å²) in [6.07, 6.45) is 9.99. The van der Waals surface area contributed by atoms with E-state index in [2.05, 4.69) is 0 Å². The van der Waals surface area contributed by atoms with Gasteiger partial charge in [-0.2, -0.15) is 0 Å². The summed E-state index contributed by atoms with van der Waals surface area (Å²) in [4.78, 5) is 12.4. The van der Waals surface area contributed by atoms with Gasteiger partial charge in [-0.05, 0) is 62.3 Å². The Morgan fingerprint density at radius 3 is 2.59 bits per heavy atom. The van der Waals surface area contributed by atoms with E-state index in [4.69, 9.17) is 5.73 Å². The van der Waals surface area contributed by atoms with Gasteiger partial charge in [0.15, 0.2) is 0 Å². The lowest BCUT2D eigenvalue weighted by atomic mass is 9.81. The van der Waals surface area contributed by atoms with E-state index in [1.54, 1.807) is 0 Å². The molecule has 2 bridgehead atoms. The topological polar surface area (TPSA) is 43.1 Å². The Balaban J connectivity index is 1.56. The van der Waals surface area contributed by atoms with Crippen LogP contribution in [0.15, 0.2) is 0 Å². The first-order valence-corrected chi connectivity index (χ1v) is 7.50. The van der Waals surface area contributed by atoms with Gasteiger partial charge in [0.25, 0.3) is 0 Å². The fraction of sp³-hybridized carbons (Fsp3) is 0.933. The van der Waals surface area contributed by atoms with E-state index in [0.29, 0.717) is 24.2 Å². The number of fused-ring (bicyclic) bond motifs is 2. The normalized spacial score (nSPS) is 44.4. The molecule has 2 nitrogen and oxygen atoms in total. The molecule has 3 rings (SSSR count). The molecule has 0 amide bonds. The molecule has 0 saturated heterocycles. The highest BCUT2D eigenvalue weighted by atomic mass is 16.1. The van der Waals surface area contributed by atoms with Gasteiger partial charge < -0.3 is 5.73 Å². The number of hydrogen-bond donors (Lipinski definition) is 1. The first-order valence-electron chi connectivity index (χ1n) is 7.50. The van der Waals surface area contributed by atoms with Crippen molar-refractivity contribution >= 4 is 5.78 Å². The molecule has 2 N–H and O–H groups in total. The van der Waals surface area contributed by atoms with Crippen molar-refractivity contribution in [1.29, 1.82) is 0 Å². The van der Waals surface area contributed by atoms with Crippen LogP contribution in [0.25, 0.3) is 0 Å². The summed E-state index contributed by atoms with van der Waals surface area (Å²) < 4.78 is 0. The van der Waals surface area contributed by atoms with Crippen LogP contribution in [0.5, 0.6) is 0 Å². The summed E-state index contributed by atoms with van der Waals surface area (Å²) in [5, 5.41) is 0. The van der Waals surface area contributed by atoms with Gasteiger partial charge >= 0.3 is 0 Å². The number of carbonyl (C=O) groups excluding carboxylic acids is 1. The summed E-state index contributed by atoms with van der Waals surface area (Å²) in [5.74, 6) is 3.96. The van der Waals surface area contributed by atoms with Gasteiger partial charge in [0.05, 0.1) is 0 Å². The van der Waals surface area contributed by atoms with Crippen LogP contribution in [0.1, 0.15) is 51.4 Å². The molecule has 3 aliphatic carbocycles. The second-order valence-corrected chi connectivity index (χ2v) is 6.64. The van der Waals surface area contributed by atoms with Crippen LogP contribution < -0.4 is 5.73 Å². The molecule has 5 atom stereocenters. The molecule has 3 aliphatic rings. The predicted octanol–water partition coefficient (Wildman–Crippen LogP) is 2.76. The van der Waals surface area contributed by atoms with E-state index >= 15 is 0 Å². The Labute approximate surface area is 104 Å². The molecule has 0 aromatic carbocycles. The predicted molar refractivity (Wildman–Crippen MR) is 68.4 cm³/mol. The minimum absolute atomic E-state index is 0.319. The molecule has 0 aliphatic heterocycles. The molecule has 2 heteroatoms. The second-order valence-electron chi connectivity index (χ2n) is 6.64. The quantitative estimate of drug-likeness (QED) is 0.814. The third-order valence-corrected chi connectivity index (χ3v) is 5.72. The molecule has 3 saturated carbocycles. The zero-order valence-corrected chi connectivity index (χ0v) is 10.7. The van der Waals surface area contributed by atoms with E-state index in [1.165, 1.54) is 38.5 Å². The van der Waals surface area contributed by atoms with Crippen molar-refractivity contribution in [2.24, 2.45) is 35.3 Å². The number of Topliss-reactive ketones (excluding diaryl/α,β-unsaturated/α-hetero) is 1. The maximum atomic E-state index is 12.4. The molecule has 0 heterocycles. The van der Waals surface area contributed by atoms with Crippen molar-refractivity contribution in [3.8, 4) is 0 Å². The van der Waals surface area contributed by atoms with Gasteiger partial charge in [-0.1, -0.05) is 12.8 Å². The van der Waals surface area contributed by atoms with Crippen LogP contribution in [0, 0.1) is 29.6 Å². The smallest absolute Gasteiger partial charge is 0.136 e. The molecule has 0 spiro atoms. The summed E-state index contributed by atoms with van der Waals surface area (Å²) in [6, 6.07) is 0. The zero-order valence-electron chi connectivity index (χ0n) is 10.7.